The standard InChI is InChI=1S/C13H18Cl2N2O2S/c14-10-4-5-11(15)12(8-10)20(18,19)17-9-13(16)6-2-1-3-7-13/h4-5,8,17H,1-3,6-7,9,16H2. The molecule has 0 atom stereocenters. The van der Waals surface area contributed by atoms with E-state index in [1.165, 1.54) is 12.1 Å². The summed E-state index contributed by atoms with van der Waals surface area (Å²) < 4.78 is 27.1. The minimum atomic E-state index is -3.70. The molecule has 20 heavy (non-hydrogen) atoms. The molecule has 1 aromatic carbocycles. The van der Waals surface area contributed by atoms with Crippen LogP contribution in [-0.4, -0.2) is 20.5 Å². The maximum absolute atomic E-state index is 12.3. The van der Waals surface area contributed by atoms with Crippen LogP contribution in [0.4, 0.5) is 0 Å². The number of hydrogen-bond acceptors (Lipinski definition) is 3. The maximum Gasteiger partial charge on any atom is 0.242 e. The number of nitrogens with one attached hydrogen (secondary N) is 1. The van der Waals surface area contributed by atoms with Gasteiger partial charge in [0.2, 0.25) is 10.0 Å². The van der Waals surface area contributed by atoms with E-state index in [-0.39, 0.29) is 16.5 Å². The highest BCUT2D eigenvalue weighted by Gasteiger charge is 2.29. The summed E-state index contributed by atoms with van der Waals surface area (Å²) in [6, 6.07) is 4.36. The second-order valence-electron chi connectivity index (χ2n) is 5.32. The largest absolute Gasteiger partial charge is 0.324 e. The molecule has 0 saturated heterocycles. The maximum atomic E-state index is 12.3. The van der Waals surface area contributed by atoms with Crippen molar-refractivity contribution < 1.29 is 8.42 Å². The lowest BCUT2D eigenvalue weighted by molar-refractivity contribution is 0.296. The lowest BCUT2D eigenvalue weighted by Crippen LogP contribution is -2.51. The van der Waals surface area contributed by atoms with E-state index >= 15 is 0 Å². The van der Waals surface area contributed by atoms with E-state index in [1.54, 1.807) is 6.07 Å². The third kappa shape index (κ3) is 3.86. The highest BCUT2D eigenvalue weighted by molar-refractivity contribution is 7.89. The summed E-state index contributed by atoms with van der Waals surface area (Å²) in [6.45, 7) is 0.220. The molecule has 0 unspecified atom stereocenters. The van der Waals surface area contributed by atoms with Crippen LogP contribution >= 0.6 is 23.2 Å². The predicted molar refractivity (Wildman–Crippen MR) is 81.7 cm³/mol. The number of benzene rings is 1. The second-order valence-corrected chi connectivity index (χ2v) is 7.90. The van der Waals surface area contributed by atoms with E-state index in [4.69, 9.17) is 28.9 Å². The number of hydrogen-bond donors (Lipinski definition) is 2. The van der Waals surface area contributed by atoms with Gasteiger partial charge in [0.25, 0.3) is 0 Å². The minimum Gasteiger partial charge on any atom is -0.324 e. The van der Waals surface area contributed by atoms with Gasteiger partial charge in [0.05, 0.1) is 5.02 Å². The molecule has 4 nitrogen and oxygen atoms in total. The van der Waals surface area contributed by atoms with Gasteiger partial charge in [-0.3, -0.25) is 0 Å². The van der Waals surface area contributed by atoms with Crippen molar-refractivity contribution in [3.63, 3.8) is 0 Å². The van der Waals surface area contributed by atoms with Crippen LogP contribution in [0.25, 0.3) is 0 Å². The molecule has 2 rings (SSSR count). The molecular weight excluding hydrogens is 319 g/mol. The lowest BCUT2D eigenvalue weighted by atomic mass is 9.83. The van der Waals surface area contributed by atoms with Gasteiger partial charge in [0.15, 0.2) is 0 Å². The normalized spacial score (nSPS) is 18.9. The van der Waals surface area contributed by atoms with Gasteiger partial charge in [-0.25, -0.2) is 13.1 Å². The Hall–Kier alpha value is -0.330. The van der Waals surface area contributed by atoms with Gasteiger partial charge in [-0.2, -0.15) is 0 Å². The molecular formula is C13H18Cl2N2O2S. The summed E-state index contributed by atoms with van der Waals surface area (Å²) >= 11 is 11.8. The third-order valence-electron chi connectivity index (χ3n) is 3.65. The summed E-state index contributed by atoms with van der Waals surface area (Å²) in [5, 5.41) is 0.478. The fourth-order valence-corrected chi connectivity index (χ4v) is 4.33. The molecule has 0 aliphatic heterocycles. The lowest BCUT2D eigenvalue weighted by Gasteiger charge is -2.33. The van der Waals surface area contributed by atoms with Gasteiger partial charge in [0, 0.05) is 17.1 Å². The molecule has 1 aromatic rings. The highest BCUT2D eigenvalue weighted by Crippen LogP contribution is 2.27. The van der Waals surface area contributed by atoms with Crippen LogP contribution in [0, 0.1) is 0 Å². The van der Waals surface area contributed by atoms with Crippen molar-refractivity contribution in [2.24, 2.45) is 5.73 Å². The molecule has 1 aliphatic carbocycles. The van der Waals surface area contributed by atoms with Crippen molar-refractivity contribution in [2.45, 2.75) is 42.5 Å². The number of rotatable bonds is 4. The van der Waals surface area contributed by atoms with Gasteiger partial charge in [-0.1, -0.05) is 42.5 Å². The highest BCUT2D eigenvalue weighted by atomic mass is 35.5. The minimum absolute atomic E-state index is 0.00826. The first-order valence-corrected chi connectivity index (χ1v) is 8.80. The van der Waals surface area contributed by atoms with E-state index in [1.807, 2.05) is 0 Å². The van der Waals surface area contributed by atoms with E-state index in [0.29, 0.717) is 5.02 Å². The Kier molecular flexibility index (Phi) is 4.97. The van der Waals surface area contributed by atoms with Gasteiger partial charge in [-0.15, -0.1) is 0 Å². The second kappa shape index (κ2) is 6.20. The summed E-state index contributed by atoms with van der Waals surface area (Å²) in [4.78, 5) is -0.00826. The topological polar surface area (TPSA) is 72.2 Å². The van der Waals surface area contributed by atoms with Crippen molar-refractivity contribution in [3.05, 3.63) is 28.2 Å². The summed E-state index contributed by atoms with van der Waals surface area (Å²) in [7, 11) is -3.70. The van der Waals surface area contributed by atoms with E-state index < -0.39 is 15.6 Å². The van der Waals surface area contributed by atoms with Crippen molar-refractivity contribution in [1.82, 2.24) is 4.72 Å². The number of nitrogens with two attached hydrogens (primary N) is 1. The first kappa shape index (κ1) is 16.0. The molecule has 1 saturated carbocycles. The number of halogens is 2. The van der Waals surface area contributed by atoms with E-state index in [2.05, 4.69) is 4.72 Å². The molecule has 0 heterocycles. The SMILES string of the molecule is NC1(CNS(=O)(=O)c2cc(Cl)ccc2Cl)CCCCC1. The average molecular weight is 337 g/mol. The zero-order valence-electron chi connectivity index (χ0n) is 11.0. The summed E-state index contributed by atoms with van der Waals surface area (Å²) in [5.41, 5.74) is 5.76. The van der Waals surface area contributed by atoms with Gasteiger partial charge < -0.3 is 5.73 Å². The molecule has 0 amide bonds. The Balaban J connectivity index is 2.13. The fourth-order valence-electron chi connectivity index (χ4n) is 2.43. The Morgan fingerprint density at radius 3 is 2.50 bits per heavy atom. The van der Waals surface area contributed by atoms with Crippen LogP contribution in [0.1, 0.15) is 32.1 Å². The van der Waals surface area contributed by atoms with Crippen LogP contribution in [0.5, 0.6) is 0 Å². The quantitative estimate of drug-likeness (QED) is 0.887. The van der Waals surface area contributed by atoms with Gasteiger partial charge >= 0.3 is 0 Å². The Morgan fingerprint density at radius 1 is 1.20 bits per heavy atom. The fraction of sp³-hybridized carbons (Fsp3) is 0.538. The van der Waals surface area contributed by atoms with E-state index in [0.717, 1.165) is 32.1 Å². The smallest absolute Gasteiger partial charge is 0.242 e. The molecule has 3 N–H and O–H groups in total. The van der Waals surface area contributed by atoms with Crippen LogP contribution < -0.4 is 10.5 Å². The molecule has 7 heteroatoms. The van der Waals surface area contributed by atoms with Crippen molar-refractivity contribution in [2.75, 3.05) is 6.54 Å². The predicted octanol–water partition coefficient (Wildman–Crippen LogP) is 2.93. The van der Waals surface area contributed by atoms with Crippen molar-refractivity contribution in [3.8, 4) is 0 Å². The molecule has 0 bridgehead atoms. The van der Waals surface area contributed by atoms with E-state index in [9.17, 15) is 8.42 Å². The zero-order valence-corrected chi connectivity index (χ0v) is 13.4. The zero-order chi connectivity index (χ0) is 14.8. The molecule has 0 radical (unpaired) electrons. The van der Waals surface area contributed by atoms with Crippen molar-refractivity contribution >= 4 is 33.2 Å². The molecule has 1 aliphatic rings. The summed E-state index contributed by atoms with van der Waals surface area (Å²) in [6.07, 6.45) is 4.90. The molecule has 0 spiro atoms. The van der Waals surface area contributed by atoms with Crippen LogP contribution in [0.2, 0.25) is 10.0 Å². The first-order valence-electron chi connectivity index (χ1n) is 6.56. The van der Waals surface area contributed by atoms with Gasteiger partial charge in [0.1, 0.15) is 4.90 Å². The third-order valence-corrected chi connectivity index (χ3v) is 5.76. The monoisotopic (exact) mass is 336 g/mol. The molecule has 1 fully saturated rings. The molecule has 112 valence electrons. The average Bonchev–Trinajstić information content (AvgIpc) is 2.40. The first-order chi connectivity index (χ1) is 9.32. The Bertz CT molecular complexity index is 584. The van der Waals surface area contributed by atoms with Crippen LogP contribution in [0.15, 0.2) is 23.1 Å². The molecule has 0 aromatic heterocycles. The Labute approximate surface area is 129 Å². The van der Waals surface area contributed by atoms with Crippen molar-refractivity contribution in [1.29, 1.82) is 0 Å². The Morgan fingerprint density at radius 2 is 1.85 bits per heavy atom. The van der Waals surface area contributed by atoms with Crippen LogP contribution in [-0.2, 0) is 10.0 Å². The van der Waals surface area contributed by atoms with Crippen LogP contribution in [0.3, 0.4) is 0 Å². The summed E-state index contributed by atoms with van der Waals surface area (Å²) in [5.74, 6) is 0. The number of sulfonamides is 1. The van der Waals surface area contributed by atoms with Gasteiger partial charge in [-0.05, 0) is 31.0 Å².